The van der Waals surface area contributed by atoms with E-state index < -0.39 is 55.0 Å². The first-order valence-electron chi connectivity index (χ1n) is 9.16. The Morgan fingerprint density at radius 2 is 1.62 bits per heavy atom. The predicted octanol–water partition coefficient (Wildman–Crippen LogP) is -1.62. The number of benzene rings is 1. The van der Waals surface area contributed by atoms with E-state index in [1.54, 1.807) is 13.8 Å². The molecule has 160 valence electrons. The van der Waals surface area contributed by atoms with Gasteiger partial charge in [0.2, 0.25) is 17.7 Å². The molecule has 0 saturated heterocycles. The van der Waals surface area contributed by atoms with Crippen LogP contribution in [0.5, 0.6) is 0 Å². The molecule has 1 aromatic carbocycles. The van der Waals surface area contributed by atoms with E-state index in [1.165, 1.54) is 0 Å². The van der Waals surface area contributed by atoms with Crippen LogP contribution in [0, 0.1) is 5.92 Å². The maximum atomic E-state index is 12.4. The monoisotopic (exact) mass is 408 g/mol. The van der Waals surface area contributed by atoms with Crippen molar-refractivity contribution in [3.8, 4) is 0 Å². The predicted molar refractivity (Wildman–Crippen MR) is 105 cm³/mol. The number of hydrogen-bond donors (Lipinski definition) is 6. The Bertz CT molecular complexity index is 710. The largest absolute Gasteiger partial charge is 0.480 e. The molecular weight excluding hydrogens is 380 g/mol. The molecule has 0 aromatic heterocycles. The minimum atomic E-state index is -1.31. The van der Waals surface area contributed by atoms with Gasteiger partial charge in [0, 0.05) is 0 Å². The fourth-order valence-electron chi connectivity index (χ4n) is 2.50. The van der Waals surface area contributed by atoms with Crippen molar-refractivity contribution >= 4 is 23.7 Å². The third-order valence-corrected chi connectivity index (χ3v) is 4.11. The van der Waals surface area contributed by atoms with Gasteiger partial charge in [-0.15, -0.1) is 0 Å². The molecule has 0 aliphatic carbocycles. The van der Waals surface area contributed by atoms with Crippen LogP contribution in [0.25, 0.3) is 0 Å². The molecule has 3 atom stereocenters. The minimum absolute atomic E-state index is 0.249. The molecule has 1 aromatic rings. The number of carbonyl (C=O) groups excluding carboxylic acids is 3. The van der Waals surface area contributed by atoms with Crippen LogP contribution in [0.2, 0.25) is 0 Å². The normalized spacial score (nSPS) is 13.8. The molecule has 10 nitrogen and oxygen atoms in total. The van der Waals surface area contributed by atoms with Crippen molar-refractivity contribution in [3.05, 3.63) is 35.9 Å². The summed E-state index contributed by atoms with van der Waals surface area (Å²) >= 11 is 0. The number of aliphatic carboxylic acids is 1. The van der Waals surface area contributed by atoms with Crippen molar-refractivity contribution in [3.63, 3.8) is 0 Å². The summed E-state index contributed by atoms with van der Waals surface area (Å²) in [6.45, 7) is 2.03. The number of amides is 3. The molecule has 10 heteroatoms. The van der Waals surface area contributed by atoms with Gasteiger partial charge in [0.05, 0.1) is 12.6 Å². The molecule has 29 heavy (non-hydrogen) atoms. The number of aliphatic hydroxyl groups excluding tert-OH is 1. The van der Waals surface area contributed by atoms with Crippen LogP contribution < -0.4 is 21.7 Å². The Labute approximate surface area is 168 Å². The van der Waals surface area contributed by atoms with Gasteiger partial charge in [-0.25, -0.2) is 0 Å². The van der Waals surface area contributed by atoms with Gasteiger partial charge in [-0.2, -0.15) is 0 Å². The molecule has 3 amide bonds. The third-order valence-electron chi connectivity index (χ3n) is 4.11. The lowest BCUT2D eigenvalue weighted by Crippen LogP contribution is -2.58. The highest BCUT2D eigenvalue weighted by Crippen LogP contribution is 2.04. The lowest BCUT2D eigenvalue weighted by Gasteiger charge is -2.25. The molecule has 3 unspecified atom stereocenters. The van der Waals surface area contributed by atoms with Crippen LogP contribution >= 0.6 is 0 Å². The SMILES string of the molecule is CC(C)C(NC(=O)C(CO)NC(=O)C(N)Cc1ccccc1)C(=O)NCC(=O)O. The average Bonchev–Trinajstić information content (AvgIpc) is 2.68. The summed E-state index contributed by atoms with van der Waals surface area (Å²) in [7, 11) is 0. The number of carboxylic acids is 1. The molecule has 0 saturated carbocycles. The first kappa shape index (κ1) is 24.1. The highest BCUT2D eigenvalue weighted by molar-refractivity contribution is 5.93. The summed E-state index contributed by atoms with van der Waals surface area (Å²) in [6, 6.07) is 5.80. The number of nitrogens with one attached hydrogen (secondary N) is 3. The lowest BCUT2D eigenvalue weighted by molar-refractivity contribution is -0.139. The van der Waals surface area contributed by atoms with Crippen molar-refractivity contribution in [1.29, 1.82) is 0 Å². The number of aliphatic hydroxyl groups is 1. The standard InChI is InChI=1S/C19H28N4O6/c1-11(2)16(19(29)21-9-15(25)26)23-18(28)14(10-24)22-17(27)13(20)8-12-6-4-3-5-7-12/h3-7,11,13-14,16,24H,8-10,20H2,1-2H3,(H,21,29)(H,22,27)(H,23,28)(H,25,26). The van der Waals surface area contributed by atoms with Gasteiger partial charge in [-0.3, -0.25) is 19.2 Å². The van der Waals surface area contributed by atoms with Crippen LogP contribution in [-0.4, -0.2) is 65.2 Å². The zero-order valence-electron chi connectivity index (χ0n) is 16.4. The Kier molecular flexibility index (Phi) is 9.76. The van der Waals surface area contributed by atoms with E-state index in [9.17, 15) is 24.3 Å². The molecule has 0 radical (unpaired) electrons. The fraction of sp³-hybridized carbons (Fsp3) is 0.474. The maximum Gasteiger partial charge on any atom is 0.322 e. The van der Waals surface area contributed by atoms with E-state index in [4.69, 9.17) is 10.8 Å². The zero-order valence-corrected chi connectivity index (χ0v) is 16.4. The highest BCUT2D eigenvalue weighted by atomic mass is 16.4. The van der Waals surface area contributed by atoms with Crippen molar-refractivity contribution < 1.29 is 29.4 Å². The van der Waals surface area contributed by atoms with E-state index in [0.717, 1.165) is 5.56 Å². The molecule has 0 spiro atoms. The molecular formula is C19H28N4O6. The Morgan fingerprint density at radius 3 is 2.14 bits per heavy atom. The number of carboxylic acid groups (broad SMARTS) is 1. The number of rotatable bonds is 11. The van der Waals surface area contributed by atoms with Crippen molar-refractivity contribution in [2.75, 3.05) is 13.2 Å². The maximum absolute atomic E-state index is 12.4. The Morgan fingerprint density at radius 1 is 1.00 bits per heavy atom. The van der Waals surface area contributed by atoms with Gasteiger partial charge >= 0.3 is 5.97 Å². The molecule has 0 aliphatic heterocycles. The summed E-state index contributed by atoms with van der Waals surface area (Å²) < 4.78 is 0. The molecule has 0 fully saturated rings. The lowest BCUT2D eigenvalue weighted by atomic mass is 10.0. The van der Waals surface area contributed by atoms with Gasteiger partial charge in [0.25, 0.3) is 0 Å². The second-order valence-electron chi connectivity index (χ2n) is 6.88. The van der Waals surface area contributed by atoms with Crippen LogP contribution in [0.3, 0.4) is 0 Å². The summed E-state index contributed by atoms with van der Waals surface area (Å²) in [5.74, 6) is -3.67. The third kappa shape index (κ3) is 8.28. The van der Waals surface area contributed by atoms with E-state index in [1.807, 2.05) is 30.3 Å². The number of hydrogen-bond acceptors (Lipinski definition) is 6. The van der Waals surface area contributed by atoms with Crippen LogP contribution in [-0.2, 0) is 25.6 Å². The highest BCUT2D eigenvalue weighted by Gasteiger charge is 2.29. The summed E-state index contributed by atoms with van der Waals surface area (Å²) in [5, 5.41) is 25.1. The Hall–Kier alpha value is -2.98. The van der Waals surface area contributed by atoms with Crippen molar-refractivity contribution in [2.45, 2.75) is 38.4 Å². The first-order chi connectivity index (χ1) is 13.6. The molecule has 0 heterocycles. The second kappa shape index (κ2) is 11.8. The van der Waals surface area contributed by atoms with E-state index in [2.05, 4.69) is 16.0 Å². The quantitative estimate of drug-likeness (QED) is 0.255. The summed E-state index contributed by atoms with van der Waals surface area (Å²) in [5.41, 5.74) is 6.72. The molecule has 1 rings (SSSR count). The molecule has 7 N–H and O–H groups in total. The van der Waals surface area contributed by atoms with Crippen LogP contribution in [0.4, 0.5) is 0 Å². The van der Waals surface area contributed by atoms with E-state index in [0.29, 0.717) is 0 Å². The van der Waals surface area contributed by atoms with E-state index >= 15 is 0 Å². The molecule has 0 bridgehead atoms. The Balaban J connectivity index is 2.69. The summed E-state index contributed by atoms with van der Waals surface area (Å²) in [6.07, 6.45) is 0.249. The van der Waals surface area contributed by atoms with Crippen molar-refractivity contribution in [2.24, 2.45) is 11.7 Å². The van der Waals surface area contributed by atoms with Crippen molar-refractivity contribution in [1.82, 2.24) is 16.0 Å². The topological polar surface area (TPSA) is 171 Å². The van der Waals surface area contributed by atoms with E-state index in [-0.39, 0.29) is 12.3 Å². The fourth-order valence-corrected chi connectivity index (χ4v) is 2.50. The number of carbonyl (C=O) groups is 4. The van der Waals surface area contributed by atoms with Gasteiger partial charge in [0.15, 0.2) is 0 Å². The smallest absolute Gasteiger partial charge is 0.322 e. The van der Waals surface area contributed by atoms with Crippen LogP contribution in [0.1, 0.15) is 19.4 Å². The van der Waals surface area contributed by atoms with Gasteiger partial charge < -0.3 is 31.9 Å². The minimum Gasteiger partial charge on any atom is -0.480 e. The second-order valence-corrected chi connectivity index (χ2v) is 6.88. The van der Waals surface area contributed by atoms with Gasteiger partial charge in [0.1, 0.15) is 18.6 Å². The first-order valence-corrected chi connectivity index (χ1v) is 9.16. The summed E-state index contributed by atoms with van der Waals surface area (Å²) in [4.78, 5) is 47.4. The number of nitrogens with two attached hydrogens (primary N) is 1. The van der Waals surface area contributed by atoms with Gasteiger partial charge in [-0.05, 0) is 17.9 Å². The van der Waals surface area contributed by atoms with Crippen LogP contribution in [0.15, 0.2) is 30.3 Å². The van der Waals surface area contributed by atoms with Gasteiger partial charge in [-0.1, -0.05) is 44.2 Å². The zero-order chi connectivity index (χ0) is 22.0. The molecule has 0 aliphatic rings. The average molecular weight is 408 g/mol.